The number of fused-ring (bicyclic) bond motifs is 2. The largest absolute Gasteiger partial charge is 0.456 e. The third-order valence-corrected chi connectivity index (χ3v) is 5.32. The van der Waals surface area contributed by atoms with Gasteiger partial charge in [-0.15, -0.1) is 0 Å². The second-order valence-corrected chi connectivity index (χ2v) is 8.43. The standard InChI is InChI=1S/C16H19BrClN3O4/c1-15(2,3)25-14(24)8-9(17)13(23)21-11(10(8)18)12(22)20-16(21)5-4-6-19-7-16/h19H,4-7H2,1-3H3,(H,20,22). The average molecular weight is 433 g/mol. The number of amides is 1. The molecule has 25 heavy (non-hydrogen) atoms. The van der Waals surface area contributed by atoms with E-state index < -0.39 is 28.7 Å². The van der Waals surface area contributed by atoms with Gasteiger partial charge < -0.3 is 15.4 Å². The minimum Gasteiger partial charge on any atom is -0.456 e. The molecule has 9 heteroatoms. The van der Waals surface area contributed by atoms with Crippen LogP contribution in [0.25, 0.3) is 0 Å². The molecule has 0 aliphatic carbocycles. The minimum atomic E-state index is -0.861. The number of pyridine rings is 1. The summed E-state index contributed by atoms with van der Waals surface area (Å²) < 4.78 is 6.69. The lowest BCUT2D eigenvalue weighted by molar-refractivity contribution is 0.00679. The molecule has 1 amide bonds. The van der Waals surface area contributed by atoms with Gasteiger partial charge in [0, 0.05) is 6.54 Å². The fraction of sp³-hybridized carbons (Fsp3) is 0.562. The lowest BCUT2D eigenvalue weighted by atomic mass is 10.00. The van der Waals surface area contributed by atoms with Crippen LogP contribution in [0.1, 0.15) is 54.5 Å². The van der Waals surface area contributed by atoms with E-state index in [-0.39, 0.29) is 20.8 Å². The van der Waals surface area contributed by atoms with Crippen LogP contribution >= 0.6 is 27.5 Å². The maximum atomic E-state index is 13.0. The summed E-state index contributed by atoms with van der Waals surface area (Å²) in [6.07, 6.45) is 1.41. The second kappa shape index (κ2) is 6.10. The van der Waals surface area contributed by atoms with E-state index in [0.29, 0.717) is 13.0 Å². The van der Waals surface area contributed by atoms with Gasteiger partial charge in [-0.3, -0.25) is 14.2 Å². The molecular formula is C16H19BrClN3O4. The first-order valence-corrected chi connectivity index (χ1v) is 9.15. The summed E-state index contributed by atoms with van der Waals surface area (Å²) in [4.78, 5) is 38.0. The molecule has 2 aliphatic rings. The van der Waals surface area contributed by atoms with E-state index in [9.17, 15) is 14.4 Å². The summed E-state index contributed by atoms with van der Waals surface area (Å²) in [5.74, 6) is -1.22. The van der Waals surface area contributed by atoms with Crippen LogP contribution in [-0.2, 0) is 10.4 Å². The van der Waals surface area contributed by atoms with Crippen molar-refractivity contribution >= 4 is 39.4 Å². The molecule has 7 nitrogen and oxygen atoms in total. The number of piperidine rings is 1. The molecule has 0 radical (unpaired) electrons. The number of carbonyl (C=O) groups excluding carboxylic acids is 2. The van der Waals surface area contributed by atoms with Crippen LogP contribution in [-0.4, -0.2) is 35.1 Å². The lowest BCUT2D eigenvalue weighted by Crippen LogP contribution is -2.56. The Kier molecular flexibility index (Phi) is 4.50. The van der Waals surface area contributed by atoms with Crippen LogP contribution in [0.5, 0.6) is 0 Å². The number of ether oxygens (including phenoxy) is 1. The number of hydrogen-bond donors (Lipinski definition) is 2. The number of carbonyl (C=O) groups is 2. The molecule has 1 saturated heterocycles. The van der Waals surface area contributed by atoms with Crippen LogP contribution in [0.15, 0.2) is 9.27 Å². The third kappa shape index (κ3) is 3.00. The summed E-state index contributed by atoms with van der Waals surface area (Å²) in [7, 11) is 0. The quantitative estimate of drug-likeness (QED) is 0.663. The van der Waals surface area contributed by atoms with E-state index in [1.165, 1.54) is 4.57 Å². The van der Waals surface area contributed by atoms with Gasteiger partial charge in [-0.2, -0.15) is 0 Å². The van der Waals surface area contributed by atoms with Gasteiger partial charge in [0.05, 0.1) is 9.50 Å². The Morgan fingerprint density at radius 1 is 1.36 bits per heavy atom. The van der Waals surface area contributed by atoms with E-state index in [2.05, 4.69) is 26.6 Å². The van der Waals surface area contributed by atoms with E-state index in [1.54, 1.807) is 20.8 Å². The molecule has 0 bridgehead atoms. The van der Waals surface area contributed by atoms with Crippen molar-refractivity contribution < 1.29 is 14.3 Å². The Balaban J connectivity index is 2.20. The summed E-state index contributed by atoms with van der Waals surface area (Å²) >= 11 is 9.57. The topological polar surface area (TPSA) is 89.4 Å². The van der Waals surface area contributed by atoms with Crippen molar-refractivity contribution in [2.24, 2.45) is 0 Å². The van der Waals surface area contributed by atoms with E-state index in [0.717, 1.165) is 13.0 Å². The number of hydrogen-bond acceptors (Lipinski definition) is 5. The monoisotopic (exact) mass is 431 g/mol. The molecule has 1 aromatic heterocycles. The van der Waals surface area contributed by atoms with Crippen LogP contribution < -0.4 is 16.2 Å². The molecule has 1 spiro atoms. The lowest BCUT2D eigenvalue weighted by Gasteiger charge is -2.35. The highest BCUT2D eigenvalue weighted by Crippen LogP contribution is 2.35. The Morgan fingerprint density at radius 3 is 2.60 bits per heavy atom. The molecule has 3 rings (SSSR count). The Labute approximate surface area is 158 Å². The molecule has 2 aliphatic heterocycles. The first-order chi connectivity index (χ1) is 11.6. The highest BCUT2D eigenvalue weighted by molar-refractivity contribution is 9.10. The second-order valence-electron chi connectivity index (χ2n) is 7.26. The summed E-state index contributed by atoms with van der Waals surface area (Å²) in [5.41, 5.74) is -2.22. The number of rotatable bonds is 1. The van der Waals surface area contributed by atoms with Crippen molar-refractivity contribution in [1.82, 2.24) is 15.2 Å². The van der Waals surface area contributed by atoms with E-state index in [4.69, 9.17) is 16.3 Å². The van der Waals surface area contributed by atoms with Crippen molar-refractivity contribution in [3.05, 3.63) is 31.1 Å². The maximum Gasteiger partial charge on any atom is 0.341 e. The van der Waals surface area contributed by atoms with Gasteiger partial charge in [0.2, 0.25) is 0 Å². The Morgan fingerprint density at radius 2 is 2.04 bits per heavy atom. The fourth-order valence-electron chi connectivity index (χ4n) is 3.25. The van der Waals surface area contributed by atoms with Crippen molar-refractivity contribution in [1.29, 1.82) is 0 Å². The molecule has 0 saturated carbocycles. The summed E-state index contributed by atoms with van der Waals surface area (Å²) in [6.45, 7) is 6.36. The number of nitrogens with zero attached hydrogens (tertiary/aromatic N) is 1. The molecule has 3 heterocycles. The Hall–Kier alpha value is -1.38. The minimum absolute atomic E-state index is 0.000532. The smallest absolute Gasteiger partial charge is 0.341 e. The van der Waals surface area contributed by atoms with Gasteiger partial charge >= 0.3 is 5.97 Å². The van der Waals surface area contributed by atoms with Gasteiger partial charge in [-0.05, 0) is 56.1 Å². The molecule has 1 aromatic rings. The van der Waals surface area contributed by atoms with E-state index >= 15 is 0 Å². The Bertz CT molecular complexity index is 822. The zero-order valence-electron chi connectivity index (χ0n) is 14.2. The van der Waals surface area contributed by atoms with Crippen molar-refractivity contribution in [2.45, 2.75) is 44.9 Å². The first-order valence-electron chi connectivity index (χ1n) is 7.98. The number of aromatic nitrogens is 1. The van der Waals surface area contributed by atoms with Gasteiger partial charge in [-0.1, -0.05) is 11.6 Å². The zero-order chi connectivity index (χ0) is 18.6. The number of esters is 1. The van der Waals surface area contributed by atoms with Crippen molar-refractivity contribution in [3.8, 4) is 0 Å². The summed E-state index contributed by atoms with van der Waals surface area (Å²) in [6, 6.07) is 0. The molecule has 1 fully saturated rings. The van der Waals surface area contributed by atoms with Crippen LogP contribution in [0.2, 0.25) is 5.02 Å². The van der Waals surface area contributed by atoms with Crippen molar-refractivity contribution in [2.75, 3.05) is 13.1 Å². The van der Waals surface area contributed by atoms with Gasteiger partial charge in [-0.25, -0.2) is 4.79 Å². The van der Waals surface area contributed by atoms with E-state index in [1.807, 2.05) is 0 Å². The predicted molar refractivity (Wildman–Crippen MR) is 96.1 cm³/mol. The third-order valence-electron chi connectivity index (χ3n) is 4.22. The van der Waals surface area contributed by atoms with Crippen LogP contribution in [0, 0.1) is 0 Å². The first kappa shape index (κ1) is 18.4. The normalized spacial score (nSPS) is 22.7. The van der Waals surface area contributed by atoms with Crippen LogP contribution in [0.4, 0.5) is 0 Å². The highest BCUT2D eigenvalue weighted by Gasteiger charge is 2.47. The predicted octanol–water partition coefficient (Wildman–Crippen LogP) is 2.00. The number of halogens is 2. The number of nitrogens with one attached hydrogen (secondary N) is 2. The molecule has 0 aromatic carbocycles. The molecule has 136 valence electrons. The van der Waals surface area contributed by atoms with Crippen molar-refractivity contribution in [3.63, 3.8) is 0 Å². The molecule has 2 N–H and O–H groups in total. The zero-order valence-corrected chi connectivity index (χ0v) is 16.5. The SMILES string of the molecule is CC(C)(C)OC(=O)c1c(Cl)c2n(c(=O)c1Br)C1(CCCNC1)NC2=O. The molecule has 1 unspecified atom stereocenters. The average Bonchev–Trinajstić information content (AvgIpc) is 2.76. The molecule has 1 atom stereocenters. The fourth-order valence-corrected chi connectivity index (χ4v) is 4.24. The van der Waals surface area contributed by atoms with Crippen LogP contribution in [0.3, 0.4) is 0 Å². The maximum absolute atomic E-state index is 13.0. The van der Waals surface area contributed by atoms with Gasteiger partial charge in [0.15, 0.2) is 0 Å². The van der Waals surface area contributed by atoms with Gasteiger partial charge in [0.25, 0.3) is 11.5 Å². The highest BCUT2D eigenvalue weighted by atomic mass is 79.9. The van der Waals surface area contributed by atoms with Gasteiger partial charge in [0.1, 0.15) is 22.5 Å². The summed E-state index contributed by atoms with van der Waals surface area (Å²) in [5, 5.41) is 5.97. The molecular weight excluding hydrogens is 414 g/mol.